The van der Waals surface area contributed by atoms with Gasteiger partial charge in [0.15, 0.2) is 11.5 Å². The summed E-state index contributed by atoms with van der Waals surface area (Å²) in [6.07, 6.45) is 2.64. The van der Waals surface area contributed by atoms with E-state index in [0.717, 1.165) is 21.3 Å². The maximum absolute atomic E-state index is 13.3. The van der Waals surface area contributed by atoms with E-state index in [9.17, 15) is 14.7 Å². The van der Waals surface area contributed by atoms with Crippen LogP contribution in [-0.2, 0) is 23.1 Å². The molecule has 2 aromatic heterocycles. The molecule has 1 N–H and O–H groups in total. The maximum Gasteiger partial charge on any atom is 0.295 e. The number of aryl methyl sites for hydroxylation is 1. The van der Waals surface area contributed by atoms with E-state index >= 15 is 0 Å². The number of hydrogen-bond acceptors (Lipinski definition) is 6. The predicted molar refractivity (Wildman–Crippen MR) is 139 cm³/mol. The highest BCUT2D eigenvalue weighted by Gasteiger charge is 2.46. The number of aromatic nitrogens is 1. The zero-order chi connectivity index (χ0) is 25.4. The Morgan fingerprint density at radius 3 is 2.53 bits per heavy atom. The molecule has 1 aliphatic heterocycles. The summed E-state index contributed by atoms with van der Waals surface area (Å²) < 4.78 is 12.7. The van der Waals surface area contributed by atoms with Gasteiger partial charge in [-0.25, -0.2) is 0 Å². The predicted octanol–water partition coefficient (Wildman–Crippen LogP) is 4.92. The van der Waals surface area contributed by atoms with Crippen LogP contribution in [0.3, 0.4) is 0 Å². The number of aliphatic hydroxyl groups is 1. The minimum atomic E-state index is -0.696. The summed E-state index contributed by atoms with van der Waals surface area (Å²) in [4.78, 5) is 28.9. The lowest BCUT2D eigenvalue weighted by Gasteiger charge is -2.24. The summed E-state index contributed by atoms with van der Waals surface area (Å²) in [5.41, 5.74) is 2.66. The van der Waals surface area contributed by atoms with Gasteiger partial charge in [-0.2, -0.15) is 0 Å². The summed E-state index contributed by atoms with van der Waals surface area (Å²) in [7, 11) is 5.02. The van der Waals surface area contributed by atoms with Crippen molar-refractivity contribution in [2.75, 3.05) is 20.8 Å². The number of thiophene rings is 1. The molecule has 0 saturated carbocycles. The number of benzene rings is 2. The number of ether oxygens (including phenoxy) is 2. The number of rotatable bonds is 7. The van der Waals surface area contributed by atoms with E-state index in [2.05, 4.69) is 22.9 Å². The van der Waals surface area contributed by atoms with Crippen molar-refractivity contribution in [2.24, 2.45) is 7.05 Å². The zero-order valence-electron chi connectivity index (χ0n) is 20.2. The number of Topliss-reactive ketones (excluding diaryl/α,β-unsaturated/α-hetero) is 1. The number of methoxy groups -OCH3 is 2. The SMILES string of the molecule is COc1ccc(/C(O)=C2/C(=O)C(=O)N(CCc3cn(C)c4ccccc34)C2c2cccs2)cc1OC. The number of nitrogens with zero attached hydrogens (tertiary/aromatic N) is 2. The lowest BCUT2D eigenvalue weighted by Crippen LogP contribution is -2.31. The molecule has 1 fully saturated rings. The number of carbonyl (C=O) groups is 2. The number of ketones is 1. The number of fused-ring (bicyclic) bond motifs is 1. The number of carbonyl (C=O) groups excluding carboxylic acids is 2. The summed E-state index contributed by atoms with van der Waals surface area (Å²) in [5.74, 6) is -0.631. The summed E-state index contributed by atoms with van der Waals surface area (Å²) in [6.45, 7) is 0.337. The van der Waals surface area contributed by atoms with E-state index in [0.29, 0.717) is 30.0 Å². The fraction of sp³-hybridized carbons (Fsp3) is 0.214. The molecule has 1 atom stereocenters. The van der Waals surface area contributed by atoms with Gasteiger partial charge in [-0.05, 0) is 47.7 Å². The number of aliphatic hydroxyl groups excluding tert-OH is 1. The fourth-order valence-corrected chi connectivity index (χ4v) is 5.70. The van der Waals surface area contributed by atoms with Crippen molar-refractivity contribution in [2.45, 2.75) is 12.5 Å². The molecule has 0 aliphatic carbocycles. The van der Waals surface area contributed by atoms with Crippen LogP contribution in [0.4, 0.5) is 0 Å². The van der Waals surface area contributed by atoms with Gasteiger partial charge in [-0.1, -0.05) is 24.3 Å². The fourth-order valence-electron chi connectivity index (χ4n) is 4.86. The third-order valence-corrected chi connectivity index (χ3v) is 7.54. The second-order valence-corrected chi connectivity index (χ2v) is 9.59. The largest absolute Gasteiger partial charge is 0.507 e. The van der Waals surface area contributed by atoms with Gasteiger partial charge in [-0.15, -0.1) is 11.3 Å². The van der Waals surface area contributed by atoms with E-state index in [-0.39, 0.29) is 11.3 Å². The van der Waals surface area contributed by atoms with Gasteiger partial charge in [0.25, 0.3) is 11.7 Å². The molecule has 36 heavy (non-hydrogen) atoms. The standard InChI is InChI=1S/C28H26N2O5S/c1-29-16-18(19-7-4-5-8-20(19)29)12-13-30-25(23-9-6-14-36-23)24(27(32)28(30)33)26(31)17-10-11-21(34-2)22(15-17)35-3/h4-11,14-16,25,31H,12-13H2,1-3H3/b26-24-. The third-order valence-electron chi connectivity index (χ3n) is 6.61. The monoisotopic (exact) mass is 502 g/mol. The lowest BCUT2D eigenvalue weighted by molar-refractivity contribution is -0.139. The first-order valence-electron chi connectivity index (χ1n) is 11.5. The van der Waals surface area contributed by atoms with Crippen LogP contribution in [-0.4, -0.2) is 47.0 Å². The van der Waals surface area contributed by atoms with Crippen molar-refractivity contribution in [3.05, 3.63) is 87.8 Å². The van der Waals surface area contributed by atoms with Crippen LogP contribution >= 0.6 is 11.3 Å². The quantitative estimate of drug-likeness (QED) is 0.220. The minimum Gasteiger partial charge on any atom is -0.507 e. The number of amides is 1. The van der Waals surface area contributed by atoms with E-state index in [4.69, 9.17) is 9.47 Å². The van der Waals surface area contributed by atoms with Crippen molar-refractivity contribution >= 4 is 39.7 Å². The zero-order valence-corrected chi connectivity index (χ0v) is 21.0. The van der Waals surface area contributed by atoms with Gasteiger partial charge >= 0.3 is 0 Å². The van der Waals surface area contributed by atoms with Crippen molar-refractivity contribution in [1.29, 1.82) is 0 Å². The summed E-state index contributed by atoms with van der Waals surface area (Å²) in [5, 5.41) is 14.3. The Morgan fingerprint density at radius 2 is 1.81 bits per heavy atom. The molecule has 7 nitrogen and oxygen atoms in total. The molecule has 4 aromatic rings. The molecule has 1 amide bonds. The Balaban J connectivity index is 1.55. The topological polar surface area (TPSA) is 81.0 Å². The molecule has 0 spiro atoms. The normalized spacial score (nSPS) is 17.2. The third kappa shape index (κ3) is 3.93. The first kappa shape index (κ1) is 23.7. The highest BCUT2D eigenvalue weighted by molar-refractivity contribution is 7.10. The molecule has 2 aromatic carbocycles. The van der Waals surface area contributed by atoms with E-state index in [1.165, 1.54) is 25.6 Å². The Labute approximate surface area is 212 Å². The van der Waals surface area contributed by atoms with Crippen molar-refractivity contribution in [3.63, 3.8) is 0 Å². The summed E-state index contributed by atoms with van der Waals surface area (Å²) in [6, 6.07) is 16.1. The van der Waals surface area contributed by atoms with Gasteiger partial charge in [-0.3, -0.25) is 9.59 Å². The smallest absolute Gasteiger partial charge is 0.295 e. The Bertz CT molecular complexity index is 1490. The van der Waals surface area contributed by atoms with Crippen LogP contribution in [0.1, 0.15) is 22.0 Å². The number of hydrogen-bond donors (Lipinski definition) is 1. The van der Waals surface area contributed by atoms with Crippen LogP contribution in [0.5, 0.6) is 11.5 Å². The van der Waals surface area contributed by atoms with Crippen molar-refractivity contribution in [1.82, 2.24) is 9.47 Å². The minimum absolute atomic E-state index is 0.0765. The Hall–Kier alpha value is -4.04. The highest BCUT2D eigenvalue weighted by atomic mass is 32.1. The van der Waals surface area contributed by atoms with E-state index < -0.39 is 17.7 Å². The molecule has 0 bridgehead atoms. The van der Waals surface area contributed by atoms with Crippen LogP contribution in [0, 0.1) is 0 Å². The lowest BCUT2D eigenvalue weighted by atomic mass is 9.99. The van der Waals surface area contributed by atoms with E-state index in [1.54, 1.807) is 23.1 Å². The average Bonchev–Trinajstić information content (AvgIpc) is 3.60. The molecular formula is C28H26N2O5S. The number of para-hydroxylation sites is 1. The highest BCUT2D eigenvalue weighted by Crippen LogP contribution is 2.42. The number of likely N-dealkylation sites (tertiary alicyclic amines) is 1. The molecule has 3 heterocycles. The second-order valence-electron chi connectivity index (χ2n) is 8.61. The molecule has 1 saturated heterocycles. The van der Waals surface area contributed by atoms with Crippen molar-refractivity contribution < 1.29 is 24.2 Å². The maximum atomic E-state index is 13.3. The second kappa shape index (κ2) is 9.54. The average molecular weight is 503 g/mol. The Morgan fingerprint density at radius 1 is 1.03 bits per heavy atom. The molecule has 184 valence electrons. The van der Waals surface area contributed by atoms with Gasteiger partial charge in [0.1, 0.15) is 5.76 Å². The van der Waals surface area contributed by atoms with Gasteiger partial charge in [0, 0.05) is 41.1 Å². The van der Waals surface area contributed by atoms with Gasteiger partial charge in [0.05, 0.1) is 25.8 Å². The molecule has 0 radical (unpaired) electrons. The molecule has 1 aliphatic rings. The van der Waals surface area contributed by atoms with Gasteiger partial charge in [0.2, 0.25) is 0 Å². The molecule has 8 heteroatoms. The molecular weight excluding hydrogens is 476 g/mol. The Kier molecular flexibility index (Phi) is 6.28. The van der Waals surface area contributed by atoms with Gasteiger partial charge < -0.3 is 24.0 Å². The first-order valence-corrected chi connectivity index (χ1v) is 12.4. The van der Waals surface area contributed by atoms with Crippen molar-refractivity contribution in [3.8, 4) is 11.5 Å². The van der Waals surface area contributed by atoms with Crippen LogP contribution < -0.4 is 9.47 Å². The molecule has 1 unspecified atom stereocenters. The first-order chi connectivity index (χ1) is 17.4. The molecule has 5 rings (SSSR count). The van der Waals surface area contributed by atoms with E-state index in [1.807, 2.05) is 36.7 Å². The summed E-state index contributed by atoms with van der Waals surface area (Å²) >= 11 is 1.45. The van der Waals surface area contributed by atoms with Crippen LogP contribution in [0.25, 0.3) is 16.7 Å². The van der Waals surface area contributed by atoms with Crippen LogP contribution in [0.2, 0.25) is 0 Å². The van der Waals surface area contributed by atoms with Crippen LogP contribution in [0.15, 0.2) is 71.7 Å².